The Kier molecular flexibility index (Phi) is 3.65. The predicted molar refractivity (Wildman–Crippen MR) is 76.2 cm³/mol. The first-order valence-electron chi connectivity index (χ1n) is 6.12. The minimum Gasteiger partial charge on any atom is -0.495 e. The van der Waals surface area contributed by atoms with Gasteiger partial charge >= 0.3 is 5.97 Å². The Hall–Kier alpha value is -2.50. The van der Waals surface area contributed by atoms with Crippen molar-refractivity contribution in [2.24, 2.45) is 0 Å². The molecule has 0 aliphatic carbocycles. The summed E-state index contributed by atoms with van der Waals surface area (Å²) >= 11 is 0. The smallest absolute Gasteiger partial charge is 0.339 e. The molecule has 6 heteroatoms. The second-order valence-corrected chi connectivity index (χ2v) is 4.27. The lowest BCUT2D eigenvalue weighted by molar-refractivity contribution is 0.0602. The van der Waals surface area contributed by atoms with E-state index < -0.39 is 5.97 Å². The van der Waals surface area contributed by atoms with Gasteiger partial charge in [0.15, 0.2) is 0 Å². The van der Waals surface area contributed by atoms with E-state index in [1.807, 2.05) is 6.92 Å². The van der Waals surface area contributed by atoms with Crippen LogP contribution in [0.4, 0.5) is 5.69 Å². The molecule has 0 saturated carbocycles. The summed E-state index contributed by atoms with van der Waals surface area (Å²) in [5.41, 5.74) is 6.31. The number of nitrogens with two attached hydrogens (primary N) is 1. The van der Waals surface area contributed by atoms with Crippen molar-refractivity contribution >= 4 is 22.4 Å². The van der Waals surface area contributed by atoms with E-state index in [-0.39, 0.29) is 5.56 Å². The number of nitrogens with zero attached hydrogens (tertiary/aromatic N) is 1. The Morgan fingerprint density at radius 3 is 2.55 bits per heavy atom. The molecule has 0 fully saturated rings. The molecule has 1 heterocycles. The fourth-order valence-corrected chi connectivity index (χ4v) is 2.12. The SMILES string of the molecule is CCn1cc(C(=O)OC)c2cc(N)c(OC)cc2c1=O. The first-order valence-corrected chi connectivity index (χ1v) is 6.12. The van der Waals surface area contributed by atoms with Crippen LogP contribution in [-0.2, 0) is 11.3 Å². The summed E-state index contributed by atoms with van der Waals surface area (Å²) in [5, 5.41) is 0.839. The van der Waals surface area contributed by atoms with E-state index in [4.69, 9.17) is 15.2 Å². The second-order valence-electron chi connectivity index (χ2n) is 4.27. The zero-order valence-electron chi connectivity index (χ0n) is 11.6. The molecule has 2 aromatic rings. The molecule has 0 radical (unpaired) electrons. The van der Waals surface area contributed by atoms with Crippen molar-refractivity contribution in [3.05, 3.63) is 34.2 Å². The molecule has 1 aromatic carbocycles. The summed E-state index contributed by atoms with van der Waals surface area (Å²) in [5.74, 6) is -0.110. The number of hydrogen-bond acceptors (Lipinski definition) is 5. The lowest BCUT2D eigenvalue weighted by atomic mass is 10.1. The van der Waals surface area contributed by atoms with Crippen LogP contribution in [0, 0.1) is 0 Å². The van der Waals surface area contributed by atoms with Crippen LogP contribution in [0.2, 0.25) is 0 Å². The molecule has 0 aliphatic rings. The minimum atomic E-state index is -0.512. The van der Waals surface area contributed by atoms with Gasteiger partial charge in [0, 0.05) is 18.1 Å². The fourth-order valence-electron chi connectivity index (χ4n) is 2.12. The highest BCUT2D eigenvalue weighted by atomic mass is 16.5. The Morgan fingerprint density at radius 1 is 1.30 bits per heavy atom. The number of fused-ring (bicyclic) bond motifs is 1. The van der Waals surface area contributed by atoms with Crippen molar-refractivity contribution in [1.82, 2.24) is 4.57 Å². The van der Waals surface area contributed by atoms with Crippen LogP contribution >= 0.6 is 0 Å². The number of rotatable bonds is 3. The molecule has 0 saturated heterocycles. The number of carbonyl (C=O) groups excluding carboxylic acids is 1. The van der Waals surface area contributed by atoms with Gasteiger partial charge in [0.1, 0.15) is 5.75 Å². The van der Waals surface area contributed by atoms with Crippen LogP contribution in [0.25, 0.3) is 10.8 Å². The van der Waals surface area contributed by atoms with Crippen molar-refractivity contribution in [3.8, 4) is 5.75 Å². The number of benzene rings is 1. The summed E-state index contributed by atoms with van der Waals surface area (Å²) in [4.78, 5) is 24.2. The van der Waals surface area contributed by atoms with E-state index in [0.717, 1.165) is 0 Å². The van der Waals surface area contributed by atoms with Crippen LogP contribution in [0.3, 0.4) is 0 Å². The zero-order chi connectivity index (χ0) is 14.9. The van der Waals surface area contributed by atoms with Crippen molar-refractivity contribution < 1.29 is 14.3 Å². The van der Waals surface area contributed by atoms with E-state index in [2.05, 4.69) is 0 Å². The van der Waals surface area contributed by atoms with E-state index in [1.165, 1.54) is 25.0 Å². The number of anilines is 1. The van der Waals surface area contributed by atoms with Gasteiger partial charge in [-0.1, -0.05) is 0 Å². The number of aryl methyl sites for hydroxylation is 1. The van der Waals surface area contributed by atoms with Gasteiger partial charge in [-0.15, -0.1) is 0 Å². The monoisotopic (exact) mass is 276 g/mol. The van der Waals surface area contributed by atoms with Crippen LogP contribution in [-0.4, -0.2) is 24.8 Å². The normalized spacial score (nSPS) is 10.6. The number of hydrogen-bond donors (Lipinski definition) is 1. The second kappa shape index (κ2) is 5.24. The summed E-state index contributed by atoms with van der Waals surface area (Å²) in [7, 11) is 2.77. The highest BCUT2D eigenvalue weighted by Crippen LogP contribution is 2.28. The summed E-state index contributed by atoms with van der Waals surface area (Å²) < 4.78 is 11.3. The van der Waals surface area contributed by atoms with Gasteiger partial charge in [-0.25, -0.2) is 4.79 Å². The van der Waals surface area contributed by atoms with E-state index >= 15 is 0 Å². The van der Waals surface area contributed by atoms with Crippen LogP contribution in [0.5, 0.6) is 5.75 Å². The molecule has 0 unspecified atom stereocenters. The first-order chi connectivity index (χ1) is 9.53. The molecule has 0 atom stereocenters. The molecule has 2 rings (SSSR count). The lowest BCUT2D eigenvalue weighted by Crippen LogP contribution is -2.21. The Labute approximate surface area is 115 Å². The summed E-state index contributed by atoms with van der Waals surface area (Å²) in [6, 6.07) is 3.10. The fraction of sp³-hybridized carbons (Fsp3) is 0.286. The highest BCUT2D eigenvalue weighted by Gasteiger charge is 2.17. The summed E-state index contributed by atoms with van der Waals surface area (Å²) in [6.07, 6.45) is 1.49. The van der Waals surface area contributed by atoms with Gasteiger partial charge in [0.05, 0.1) is 30.9 Å². The number of methoxy groups -OCH3 is 2. The molecule has 0 bridgehead atoms. The molecule has 0 amide bonds. The van der Waals surface area contributed by atoms with Crippen molar-refractivity contribution in [3.63, 3.8) is 0 Å². The van der Waals surface area contributed by atoms with Gasteiger partial charge in [-0.2, -0.15) is 0 Å². The highest BCUT2D eigenvalue weighted by molar-refractivity contribution is 6.05. The average Bonchev–Trinajstić information content (AvgIpc) is 2.46. The molecular formula is C14H16N2O4. The maximum Gasteiger partial charge on any atom is 0.339 e. The molecule has 106 valence electrons. The molecule has 0 spiro atoms. The van der Waals surface area contributed by atoms with E-state index in [1.54, 1.807) is 12.1 Å². The Morgan fingerprint density at radius 2 is 2.00 bits per heavy atom. The number of carbonyl (C=O) groups is 1. The van der Waals surface area contributed by atoms with Crippen LogP contribution < -0.4 is 16.0 Å². The lowest BCUT2D eigenvalue weighted by Gasteiger charge is -2.12. The molecule has 2 N–H and O–H groups in total. The number of esters is 1. The zero-order valence-corrected chi connectivity index (χ0v) is 11.6. The quantitative estimate of drug-likeness (QED) is 0.676. The molecular weight excluding hydrogens is 260 g/mol. The minimum absolute atomic E-state index is 0.201. The third-order valence-electron chi connectivity index (χ3n) is 3.18. The van der Waals surface area contributed by atoms with Crippen molar-refractivity contribution in [2.45, 2.75) is 13.5 Å². The number of ether oxygens (including phenoxy) is 2. The van der Waals surface area contributed by atoms with Gasteiger partial charge < -0.3 is 19.8 Å². The largest absolute Gasteiger partial charge is 0.495 e. The Bertz CT molecular complexity index is 734. The predicted octanol–water partition coefficient (Wildman–Crippen LogP) is 1.40. The maximum atomic E-state index is 12.3. The third kappa shape index (κ3) is 2.09. The number of pyridine rings is 1. The number of nitrogen functional groups attached to an aromatic ring is 1. The standard InChI is InChI=1S/C14H16N2O4/c1-4-16-7-10(14(18)20-3)8-5-11(15)12(19-2)6-9(8)13(16)17/h5-7H,4,15H2,1-3H3. The molecule has 20 heavy (non-hydrogen) atoms. The Balaban J connectivity index is 2.93. The van der Waals surface area contributed by atoms with Crippen LogP contribution in [0.15, 0.2) is 23.1 Å². The maximum absolute atomic E-state index is 12.3. The van der Waals surface area contributed by atoms with Gasteiger partial charge in [-0.05, 0) is 19.1 Å². The van der Waals surface area contributed by atoms with Gasteiger partial charge in [-0.3, -0.25) is 4.79 Å². The van der Waals surface area contributed by atoms with Crippen molar-refractivity contribution in [2.75, 3.05) is 20.0 Å². The van der Waals surface area contributed by atoms with Gasteiger partial charge in [0.25, 0.3) is 5.56 Å². The van der Waals surface area contributed by atoms with E-state index in [9.17, 15) is 9.59 Å². The van der Waals surface area contributed by atoms with Gasteiger partial charge in [0.2, 0.25) is 0 Å². The van der Waals surface area contributed by atoms with E-state index in [0.29, 0.717) is 34.3 Å². The van der Waals surface area contributed by atoms with Crippen LogP contribution in [0.1, 0.15) is 17.3 Å². The van der Waals surface area contributed by atoms with Crippen molar-refractivity contribution in [1.29, 1.82) is 0 Å². The average molecular weight is 276 g/mol. The molecule has 1 aromatic heterocycles. The topological polar surface area (TPSA) is 83.6 Å². The third-order valence-corrected chi connectivity index (χ3v) is 3.18. The number of aromatic nitrogens is 1. The molecule has 6 nitrogen and oxygen atoms in total. The summed E-state index contributed by atoms with van der Waals surface area (Å²) in [6.45, 7) is 2.27. The molecule has 0 aliphatic heterocycles. The first kappa shape index (κ1) is 13.9.